The van der Waals surface area contributed by atoms with Crippen LogP contribution >= 0.6 is 0 Å². The monoisotopic (exact) mass is 814 g/mol. The van der Waals surface area contributed by atoms with Gasteiger partial charge in [0.05, 0.1) is 0 Å². The normalized spacial score (nSPS) is 14.3. The van der Waals surface area contributed by atoms with Crippen LogP contribution in [0.4, 0.5) is 90.4 Å². The van der Waals surface area contributed by atoms with Crippen LogP contribution in [0.3, 0.4) is 0 Å². The van der Waals surface area contributed by atoms with Gasteiger partial charge in [-0.3, -0.25) is 0 Å². The first-order chi connectivity index (χ1) is 24.9. The number of hydrogen-bond acceptors (Lipinski definition) is 2. The fraction of sp³-hybridized carbons (Fsp3) is 0.314. The van der Waals surface area contributed by atoms with Crippen molar-refractivity contribution in [2.24, 2.45) is 0 Å². The summed E-state index contributed by atoms with van der Waals surface area (Å²) in [4.78, 5) is 0. The summed E-state index contributed by atoms with van der Waals surface area (Å²) in [5.41, 5.74) is 3.94. The van der Waals surface area contributed by atoms with Crippen molar-refractivity contribution in [1.29, 1.82) is 0 Å². The predicted octanol–water partition coefficient (Wildman–Crippen LogP) is 11.3. The van der Waals surface area contributed by atoms with Crippen molar-refractivity contribution in [3.8, 4) is 0 Å². The first-order valence-corrected chi connectivity index (χ1v) is 15.2. The number of nitrogen functional groups attached to an aromatic ring is 2. The van der Waals surface area contributed by atoms with E-state index < -0.39 is 64.4 Å². The Bertz CT molecular complexity index is 1850. The molecule has 0 fully saturated rings. The summed E-state index contributed by atoms with van der Waals surface area (Å²) < 4.78 is 259. The summed E-state index contributed by atoms with van der Waals surface area (Å²) >= 11 is 0. The number of hydrogen-bond donors (Lipinski definition) is 2. The van der Waals surface area contributed by atoms with E-state index in [0.717, 1.165) is 24.3 Å². The summed E-state index contributed by atoms with van der Waals surface area (Å²) in [6.07, 6.45) is -8.09. The van der Waals surface area contributed by atoms with Crippen LogP contribution in [-0.2, 0) is 18.5 Å². The largest absolute Gasteiger partial charge is 0.460 e. The summed E-state index contributed by atoms with van der Waals surface area (Å²) in [5, 5.41) is 0. The van der Waals surface area contributed by atoms with Gasteiger partial charge in [0.25, 0.3) is 0 Å². The smallest absolute Gasteiger partial charge is 0.399 e. The molecule has 55 heavy (non-hydrogen) atoms. The molecule has 0 bridgehead atoms. The van der Waals surface area contributed by atoms with Gasteiger partial charge in [0.2, 0.25) is 5.67 Å². The maximum atomic E-state index is 17.1. The lowest BCUT2D eigenvalue weighted by atomic mass is 9.76. The summed E-state index contributed by atoms with van der Waals surface area (Å²) in [6.45, 7) is 0. The lowest BCUT2D eigenvalue weighted by molar-refractivity contribution is -0.465. The molecule has 0 unspecified atom stereocenters. The van der Waals surface area contributed by atoms with Crippen LogP contribution in [0.5, 0.6) is 0 Å². The molecule has 4 aromatic rings. The zero-order valence-electron chi connectivity index (χ0n) is 27.1. The number of nitrogens with two attached hydrogens (primary N) is 2. The molecule has 0 aliphatic rings. The molecule has 0 aliphatic heterocycles. The molecule has 2 nitrogen and oxygen atoms in total. The first-order valence-electron chi connectivity index (χ1n) is 15.2. The van der Waals surface area contributed by atoms with Gasteiger partial charge in [0.1, 0.15) is 0 Å². The second-order valence-corrected chi connectivity index (χ2v) is 12.4. The Hall–Kier alpha value is -4.78. The second kappa shape index (κ2) is 13.8. The van der Waals surface area contributed by atoms with Gasteiger partial charge in [0, 0.05) is 11.4 Å². The van der Waals surface area contributed by atoms with Gasteiger partial charge in [-0.15, -0.1) is 0 Å². The molecular formula is C35H24F18N2. The zero-order valence-corrected chi connectivity index (χ0v) is 27.1. The standard InChI is InChI=1S/C35H24F18N2/c36-27(23-9-1-19(2-10-23)17-21-5-13-25(54)14-6-21,24-11-3-20(4-12-24)18-22-7-15-26(55)16-8-22)28(37,38)29(39,40)30(41,42)31(43,44)32(45,46)33(47,48)34(49,50)35(51,52)53/h1-16H,17-18,54-55H2. The number of rotatable bonds is 13. The second-order valence-electron chi connectivity index (χ2n) is 12.4. The molecule has 0 saturated carbocycles. The van der Waals surface area contributed by atoms with Gasteiger partial charge in [-0.25, -0.2) is 4.39 Å². The molecular weight excluding hydrogens is 790 g/mol. The SMILES string of the molecule is Nc1ccc(Cc2ccc(C(F)(c3ccc(Cc4ccc(N)cc4)cc3)C(F)(F)C(F)(F)C(F)(F)C(F)(F)C(F)(F)C(F)(F)C(F)(F)C(F)(F)F)cc2)cc1. The third kappa shape index (κ3) is 6.78. The van der Waals surface area contributed by atoms with Crippen molar-refractivity contribution >= 4 is 11.4 Å². The van der Waals surface area contributed by atoms with Crippen molar-refractivity contribution in [1.82, 2.24) is 0 Å². The average molecular weight is 815 g/mol. The summed E-state index contributed by atoms with van der Waals surface area (Å²) in [6, 6.07) is 15.9. The highest BCUT2D eigenvalue weighted by Crippen LogP contribution is 2.66. The lowest BCUT2D eigenvalue weighted by Gasteiger charge is -2.45. The third-order valence-electron chi connectivity index (χ3n) is 8.63. The average Bonchev–Trinajstić information content (AvgIpc) is 3.09. The van der Waals surface area contributed by atoms with Crippen molar-refractivity contribution in [2.45, 2.75) is 66.1 Å². The minimum Gasteiger partial charge on any atom is -0.399 e. The van der Waals surface area contributed by atoms with Crippen LogP contribution in [-0.4, -0.2) is 47.6 Å². The lowest BCUT2D eigenvalue weighted by Crippen LogP contribution is -2.75. The molecule has 0 radical (unpaired) electrons. The molecule has 4 N–H and O–H groups in total. The fourth-order valence-electron chi connectivity index (χ4n) is 5.36. The van der Waals surface area contributed by atoms with Crippen LogP contribution < -0.4 is 11.5 Å². The maximum Gasteiger partial charge on any atom is 0.460 e. The Morgan fingerprint density at radius 1 is 0.291 bits per heavy atom. The minimum absolute atomic E-state index is 0.0918. The highest BCUT2D eigenvalue weighted by molar-refractivity contribution is 5.46. The minimum atomic E-state index is -8.86. The van der Waals surface area contributed by atoms with Gasteiger partial charge >= 0.3 is 47.6 Å². The Labute approximate surface area is 298 Å². The molecule has 0 heterocycles. The van der Waals surface area contributed by atoms with E-state index in [2.05, 4.69) is 0 Å². The van der Waals surface area contributed by atoms with Crippen LogP contribution in [0.25, 0.3) is 0 Å². The molecule has 4 aromatic carbocycles. The molecule has 4 rings (SSSR count). The molecule has 0 spiro atoms. The van der Waals surface area contributed by atoms with Crippen LogP contribution in [0.1, 0.15) is 33.4 Å². The Morgan fingerprint density at radius 3 is 0.764 bits per heavy atom. The highest BCUT2D eigenvalue weighted by Gasteiger charge is 2.96. The van der Waals surface area contributed by atoms with E-state index in [0.29, 0.717) is 46.8 Å². The Morgan fingerprint density at radius 2 is 0.509 bits per heavy atom. The zero-order chi connectivity index (χ0) is 41.8. The van der Waals surface area contributed by atoms with Crippen molar-refractivity contribution in [3.63, 3.8) is 0 Å². The number of halogens is 18. The molecule has 0 aromatic heterocycles. The van der Waals surface area contributed by atoms with Crippen LogP contribution in [0, 0.1) is 0 Å². The predicted molar refractivity (Wildman–Crippen MR) is 163 cm³/mol. The van der Waals surface area contributed by atoms with Crippen molar-refractivity contribution < 1.29 is 79.0 Å². The van der Waals surface area contributed by atoms with E-state index in [-0.39, 0.29) is 24.0 Å². The van der Waals surface area contributed by atoms with Crippen LogP contribution in [0.2, 0.25) is 0 Å². The topological polar surface area (TPSA) is 52.0 Å². The quantitative estimate of drug-likeness (QED) is 0.104. The first kappa shape index (κ1) is 43.0. The van der Waals surface area contributed by atoms with E-state index in [9.17, 15) is 57.1 Å². The van der Waals surface area contributed by atoms with Gasteiger partial charge in [-0.1, -0.05) is 72.8 Å². The Kier molecular flexibility index (Phi) is 10.7. The molecule has 300 valence electrons. The van der Waals surface area contributed by atoms with Gasteiger partial charge in [0.15, 0.2) is 0 Å². The highest BCUT2D eigenvalue weighted by atomic mass is 19.4. The Balaban J connectivity index is 1.87. The molecule has 0 saturated heterocycles. The molecule has 0 amide bonds. The number of alkyl halides is 18. The van der Waals surface area contributed by atoms with Crippen molar-refractivity contribution in [2.75, 3.05) is 11.5 Å². The van der Waals surface area contributed by atoms with Crippen molar-refractivity contribution in [3.05, 3.63) is 130 Å². The molecule has 20 heteroatoms. The van der Waals surface area contributed by atoms with E-state index >= 15 is 22.0 Å². The number of anilines is 2. The van der Waals surface area contributed by atoms with Crippen LogP contribution in [0.15, 0.2) is 97.1 Å². The van der Waals surface area contributed by atoms with E-state index in [4.69, 9.17) is 11.5 Å². The van der Waals surface area contributed by atoms with Gasteiger partial charge in [-0.2, -0.15) is 74.6 Å². The summed E-state index contributed by atoms with van der Waals surface area (Å²) in [7, 11) is 0. The van der Waals surface area contributed by atoms with E-state index in [1.54, 1.807) is 0 Å². The number of benzene rings is 4. The fourth-order valence-corrected chi connectivity index (χ4v) is 5.36. The molecule has 0 atom stereocenters. The summed E-state index contributed by atoms with van der Waals surface area (Å²) in [5.74, 6) is -59.1. The maximum absolute atomic E-state index is 17.1. The molecule has 0 aliphatic carbocycles. The van der Waals surface area contributed by atoms with E-state index in [1.165, 1.54) is 48.5 Å². The van der Waals surface area contributed by atoms with Gasteiger partial charge < -0.3 is 11.5 Å². The van der Waals surface area contributed by atoms with E-state index in [1.807, 2.05) is 0 Å². The third-order valence-corrected chi connectivity index (χ3v) is 8.63. The van der Waals surface area contributed by atoms with Gasteiger partial charge in [-0.05, 0) is 70.5 Å².